The number of hydrogen-bond donors (Lipinski definition) is 1. The molecule has 0 aromatic heterocycles. The van der Waals surface area contributed by atoms with Crippen LogP contribution < -0.4 is 5.73 Å². The summed E-state index contributed by atoms with van der Waals surface area (Å²) in [5.41, 5.74) is 5.58. The van der Waals surface area contributed by atoms with E-state index in [-0.39, 0.29) is 17.9 Å². The summed E-state index contributed by atoms with van der Waals surface area (Å²) < 4.78 is 4.80. The third kappa shape index (κ3) is 3.96. The summed E-state index contributed by atoms with van der Waals surface area (Å²) in [7, 11) is 1.46. The number of piperidine rings is 1. The minimum Gasteiger partial charge on any atom is -0.469 e. The van der Waals surface area contributed by atoms with E-state index in [0.717, 1.165) is 32.0 Å². The van der Waals surface area contributed by atoms with Crippen LogP contribution in [0.5, 0.6) is 0 Å². The summed E-state index contributed by atoms with van der Waals surface area (Å²) in [6.45, 7) is 7.01. The van der Waals surface area contributed by atoms with E-state index in [2.05, 4.69) is 11.8 Å². The third-order valence-electron chi connectivity index (χ3n) is 4.10. The first-order valence-corrected chi connectivity index (χ1v) is 6.62. The molecule has 1 fully saturated rings. The Morgan fingerprint density at radius 1 is 1.41 bits per heavy atom. The zero-order valence-electron chi connectivity index (χ0n) is 11.3. The normalized spacial score (nSPS) is 22.1. The van der Waals surface area contributed by atoms with E-state index in [4.69, 9.17) is 10.5 Å². The third-order valence-corrected chi connectivity index (χ3v) is 4.10. The standard InChI is InChI=1S/C13H26N2O2/c1-10(13(16)17-3)11(2)15-8-5-12(4-7-14)6-9-15/h10-12H,4-9,14H2,1-3H3. The van der Waals surface area contributed by atoms with Crippen molar-refractivity contribution >= 4 is 5.97 Å². The fourth-order valence-electron chi connectivity index (χ4n) is 2.58. The van der Waals surface area contributed by atoms with Gasteiger partial charge in [-0.3, -0.25) is 9.69 Å². The van der Waals surface area contributed by atoms with E-state index in [1.54, 1.807) is 0 Å². The van der Waals surface area contributed by atoms with Crippen LogP contribution in [-0.4, -0.2) is 43.7 Å². The van der Waals surface area contributed by atoms with Gasteiger partial charge in [-0.2, -0.15) is 0 Å². The van der Waals surface area contributed by atoms with Gasteiger partial charge in [0.2, 0.25) is 0 Å². The molecule has 100 valence electrons. The number of methoxy groups -OCH3 is 1. The van der Waals surface area contributed by atoms with E-state index in [1.165, 1.54) is 20.0 Å². The van der Waals surface area contributed by atoms with Crippen molar-refractivity contribution < 1.29 is 9.53 Å². The van der Waals surface area contributed by atoms with Crippen LogP contribution >= 0.6 is 0 Å². The zero-order valence-corrected chi connectivity index (χ0v) is 11.3. The second kappa shape index (κ2) is 6.97. The zero-order chi connectivity index (χ0) is 12.8. The number of esters is 1. The SMILES string of the molecule is COC(=O)C(C)C(C)N1CCC(CCN)CC1. The lowest BCUT2D eigenvalue weighted by Gasteiger charge is -2.37. The molecule has 0 radical (unpaired) electrons. The Morgan fingerprint density at radius 2 is 2.00 bits per heavy atom. The van der Waals surface area contributed by atoms with Crippen LogP contribution in [0.1, 0.15) is 33.1 Å². The molecular formula is C13H26N2O2. The first-order valence-electron chi connectivity index (χ1n) is 6.62. The van der Waals surface area contributed by atoms with Crippen molar-refractivity contribution in [3.05, 3.63) is 0 Å². The monoisotopic (exact) mass is 242 g/mol. The van der Waals surface area contributed by atoms with E-state index in [1.807, 2.05) is 6.92 Å². The second-order valence-corrected chi connectivity index (χ2v) is 5.11. The Kier molecular flexibility index (Phi) is 5.92. The average Bonchev–Trinajstić information content (AvgIpc) is 2.37. The van der Waals surface area contributed by atoms with Gasteiger partial charge < -0.3 is 10.5 Å². The minimum atomic E-state index is -0.110. The van der Waals surface area contributed by atoms with Gasteiger partial charge in [0.25, 0.3) is 0 Å². The number of hydrogen-bond acceptors (Lipinski definition) is 4. The van der Waals surface area contributed by atoms with Gasteiger partial charge in [-0.15, -0.1) is 0 Å². The highest BCUT2D eigenvalue weighted by molar-refractivity contribution is 5.72. The topological polar surface area (TPSA) is 55.6 Å². The Balaban J connectivity index is 2.40. The molecule has 1 rings (SSSR count). The van der Waals surface area contributed by atoms with Crippen LogP contribution in [0.15, 0.2) is 0 Å². The number of carbonyl (C=O) groups is 1. The minimum absolute atomic E-state index is 0.0499. The largest absolute Gasteiger partial charge is 0.469 e. The Bertz CT molecular complexity index is 238. The molecular weight excluding hydrogens is 216 g/mol. The van der Waals surface area contributed by atoms with Gasteiger partial charge in [0, 0.05) is 6.04 Å². The molecule has 4 nitrogen and oxygen atoms in total. The average molecular weight is 242 g/mol. The number of likely N-dealkylation sites (tertiary alicyclic amines) is 1. The van der Waals surface area contributed by atoms with Gasteiger partial charge in [0.15, 0.2) is 0 Å². The molecule has 1 aliphatic rings. The fourth-order valence-corrected chi connectivity index (χ4v) is 2.58. The summed E-state index contributed by atoms with van der Waals surface area (Å²) in [6, 6.07) is 0.265. The summed E-state index contributed by atoms with van der Waals surface area (Å²) in [5.74, 6) is 0.615. The lowest BCUT2D eigenvalue weighted by atomic mass is 9.91. The number of carbonyl (C=O) groups excluding carboxylic acids is 1. The van der Waals surface area contributed by atoms with E-state index in [9.17, 15) is 4.79 Å². The van der Waals surface area contributed by atoms with Crippen LogP contribution in [-0.2, 0) is 9.53 Å². The Morgan fingerprint density at radius 3 is 2.47 bits per heavy atom. The molecule has 0 aromatic rings. The van der Waals surface area contributed by atoms with Gasteiger partial charge in [-0.05, 0) is 51.7 Å². The first-order chi connectivity index (χ1) is 8.10. The molecule has 1 aliphatic heterocycles. The first kappa shape index (κ1) is 14.5. The number of rotatable bonds is 5. The second-order valence-electron chi connectivity index (χ2n) is 5.11. The number of ether oxygens (including phenoxy) is 1. The van der Waals surface area contributed by atoms with Gasteiger partial charge in [0.1, 0.15) is 0 Å². The smallest absolute Gasteiger partial charge is 0.309 e. The number of nitrogens with two attached hydrogens (primary N) is 1. The van der Waals surface area contributed by atoms with Gasteiger partial charge in [-0.25, -0.2) is 0 Å². The highest BCUT2D eigenvalue weighted by Gasteiger charge is 2.29. The van der Waals surface area contributed by atoms with Crippen LogP contribution in [0.3, 0.4) is 0 Å². The summed E-state index contributed by atoms with van der Waals surface area (Å²) in [5, 5.41) is 0. The molecule has 1 heterocycles. The van der Waals surface area contributed by atoms with E-state index < -0.39 is 0 Å². The van der Waals surface area contributed by atoms with Crippen molar-refractivity contribution in [3.63, 3.8) is 0 Å². The number of nitrogens with zero attached hydrogens (tertiary/aromatic N) is 1. The lowest BCUT2D eigenvalue weighted by molar-refractivity contribution is -0.147. The van der Waals surface area contributed by atoms with Crippen LogP contribution in [0.2, 0.25) is 0 Å². The summed E-state index contributed by atoms with van der Waals surface area (Å²) in [6.07, 6.45) is 3.54. The van der Waals surface area contributed by atoms with Crippen molar-refractivity contribution in [2.24, 2.45) is 17.6 Å². The van der Waals surface area contributed by atoms with Crippen molar-refractivity contribution in [2.75, 3.05) is 26.7 Å². The molecule has 2 N–H and O–H groups in total. The molecule has 17 heavy (non-hydrogen) atoms. The maximum Gasteiger partial charge on any atom is 0.309 e. The molecule has 0 spiro atoms. The molecule has 0 bridgehead atoms. The van der Waals surface area contributed by atoms with E-state index in [0.29, 0.717) is 0 Å². The molecule has 1 saturated heterocycles. The van der Waals surface area contributed by atoms with Gasteiger partial charge in [0.05, 0.1) is 13.0 Å². The van der Waals surface area contributed by atoms with Gasteiger partial charge in [-0.1, -0.05) is 6.92 Å². The van der Waals surface area contributed by atoms with Crippen LogP contribution in [0.4, 0.5) is 0 Å². The van der Waals surface area contributed by atoms with E-state index >= 15 is 0 Å². The van der Waals surface area contributed by atoms with Crippen molar-refractivity contribution in [1.82, 2.24) is 4.90 Å². The molecule has 0 saturated carbocycles. The molecule has 2 unspecified atom stereocenters. The van der Waals surface area contributed by atoms with Crippen molar-refractivity contribution in [1.29, 1.82) is 0 Å². The Hall–Kier alpha value is -0.610. The van der Waals surface area contributed by atoms with Gasteiger partial charge >= 0.3 is 5.97 Å². The highest BCUT2D eigenvalue weighted by Crippen LogP contribution is 2.23. The highest BCUT2D eigenvalue weighted by atomic mass is 16.5. The maximum atomic E-state index is 11.5. The maximum absolute atomic E-state index is 11.5. The van der Waals surface area contributed by atoms with Crippen molar-refractivity contribution in [2.45, 2.75) is 39.2 Å². The lowest BCUT2D eigenvalue weighted by Crippen LogP contribution is -2.45. The molecule has 0 aliphatic carbocycles. The quantitative estimate of drug-likeness (QED) is 0.737. The fraction of sp³-hybridized carbons (Fsp3) is 0.923. The van der Waals surface area contributed by atoms with Crippen molar-refractivity contribution in [3.8, 4) is 0 Å². The molecule has 2 atom stereocenters. The predicted molar refractivity (Wildman–Crippen MR) is 68.6 cm³/mol. The summed E-state index contributed by atoms with van der Waals surface area (Å²) in [4.78, 5) is 13.9. The molecule has 0 aromatic carbocycles. The Labute approximate surface area is 104 Å². The van der Waals surface area contributed by atoms with Crippen LogP contribution in [0, 0.1) is 11.8 Å². The predicted octanol–water partition coefficient (Wildman–Crippen LogP) is 1.24. The molecule has 0 amide bonds. The molecule has 4 heteroatoms. The summed E-state index contributed by atoms with van der Waals surface area (Å²) >= 11 is 0. The van der Waals surface area contributed by atoms with Crippen LogP contribution in [0.25, 0.3) is 0 Å².